The number of halogens is 2. The summed E-state index contributed by atoms with van der Waals surface area (Å²) in [7, 11) is 1.51. The smallest absolute Gasteiger partial charge is 0.410 e. The number of amides is 2. The Bertz CT molecular complexity index is 2790. The van der Waals surface area contributed by atoms with Crippen LogP contribution < -0.4 is 14.4 Å². The summed E-state index contributed by atoms with van der Waals surface area (Å²) in [5.41, 5.74) is 2.75. The summed E-state index contributed by atoms with van der Waals surface area (Å²) < 4.78 is 63.4. The maximum absolute atomic E-state index is 17.5. The molecule has 3 fully saturated rings. The van der Waals surface area contributed by atoms with Crippen LogP contribution in [0, 0.1) is 11.6 Å². The first kappa shape index (κ1) is 45.3. The third kappa shape index (κ3) is 9.23. The largest absolute Gasteiger partial charge is 0.468 e. The lowest BCUT2D eigenvalue weighted by atomic mass is 9.94. The highest BCUT2D eigenvalue weighted by Crippen LogP contribution is 2.40. The summed E-state index contributed by atoms with van der Waals surface area (Å²) in [5.74, 6) is -0.505. The number of hydrogen-bond acceptors (Lipinski definition) is 13. The third-order valence-corrected chi connectivity index (χ3v) is 13.5. The molecule has 18 heteroatoms. The monoisotopic (exact) mass is 931 g/mol. The van der Waals surface area contributed by atoms with Crippen molar-refractivity contribution < 1.29 is 42.1 Å². The van der Waals surface area contributed by atoms with Gasteiger partial charge in [0.05, 0.1) is 37.4 Å². The van der Waals surface area contributed by atoms with Crippen molar-refractivity contribution in [3.8, 4) is 23.0 Å². The Balaban J connectivity index is 0.930. The van der Waals surface area contributed by atoms with E-state index in [2.05, 4.69) is 4.90 Å². The predicted molar refractivity (Wildman–Crippen MR) is 249 cm³/mol. The second-order valence-electron chi connectivity index (χ2n) is 17.7. The summed E-state index contributed by atoms with van der Waals surface area (Å²) in [5, 5.41) is 6.31. The number of nitrogens with zero attached hydrogens (tertiary/aromatic N) is 9. The molecule has 4 aliphatic heterocycles. The fourth-order valence-corrected chi connectivity index (χ4v) is 10.0. The van der Waals surface area contributed by atoms with E-state index in [4.69, 9.17) is 43.7 Å². The number of hydrogen-bond donors (Lipinski definition) is 0. The molecule has 2 atom stereocenters. The maximum Gasteiger partial charge on any atom is 0.410 e. The Kier molecular flexibility index (Phi) is 13.3. The topological polar surface area (TPSA) is 150 Å². The van der Waals surface area contributed by atoms with Gasteiger partial charge in [-0.1, -0.05) is 43.3 Å². The Morgan fingerprint density at radius 2 is 1.69 bits per heavy atom. The zero-order valence-electron chi connectivity index (χ0n) is 38.4. The third-order valence-electron chi connectivity index (χ3n) is 13.5. The molecule has 0 spiro atoms. The molecule has 0 aliphatic carbocycles. The lowest BCUT2D eigenvalue weighted by Crippen LogP contribution is -2.50. The molecule has 4 aliphatic rings. The molecular formula is C50H55F2N9O7. The van der Waals surface area contributed by atoms with Crippen molar-refractivity contribution in [2.24, 2.45) is 0 Å². The second-order valence-corrected chi connectivity index (χ2v) is 17.7. The zero-order valence-corrected chi connectivity index (χ0v) is 38.4. The number of carbonyl (C=O) groups is 2. The molecule has 3 aromatic heterocycles. The lowest BCUT2D eigenvalue weighted by Gasteiger charge is -2.34. The van der Waals surface area contributed by atoms with Crippen LogP contribution in [0.4, 0.5) is 19.4 Å². The highest BCUT2D eigenvalue weighted by atomic mass is 19.1. The molecule has 2 unspecified atom stereocenters. The first-order valence-corrected chi connectivity index (χ1v) is 23.5. The summed E-state index contributed by atoms with van der Waals surface area (Å²) in [6.45, 7) is 7.35. The van der Waals surface area contributed by atoms with Gasteiger partial charge < -0.3 is 38.4 Å². The molecule has 0 radical (unpaired) electrons. The van der Waals surface area contributed by atoms with Crippen LogP contribution in [0.5, 0.6) is 11.8 Å². The minimum atomic E-state index is -0.713. The molecule has 2 amide bonds. The van der Waals surface area contributed by atoms with E-state index in [9.17, 15) is 9.59 Å². The number of ether oxygens (including phenoxy) is 5. The lowest BCUT2D eigenvalue weighted by molar-refractivity contribution is -0.0161. The summed E-state index contributed by atoms with van der Waals surface area (Å²) >= 11 is 0. The van der Waals surface area contributed by atoms with Gasteiger partial charge in [0.25, 0.3) is 5.91 Å². The molecular weight excluding hydrogens is 877 g/mol. The molecule has 7 heterocycles. The average Bonchev–Trinajstić information content (AvgIpc) is 3.78. The normalized spacial score (nSPS) is 18.5. The highest BCUT2D eigenvalue weighted by molar-refractivity contribution is 6.02. The molecule has 0 saturated carbocycles. The van der Waals surface area contributed by atoms with Crippen LogP contribution in [0.3, 0.4) is 0 Å². The number of aromatic nitrogens is 5. The molecule has 68 heavy (non-hydrogen) atoms. The van der Waals surface area contributed by atoms with Crippen molar-refractivity contribution in [1.29, 1.82) is 0 Å². The van der Waals surface area contributed by atoms with Gasteiger partial charge in [-0.3, -0.25) is 19.4 Å². The van der Waals surface area contributed by atoms with Crippen molar-refractivity contribution in [3.63, 3.8) is 0 Å². The maximum atomic E-state index is 17.5. The first-order valence-electron chi connectivity index (χ1n) is 23.5. The number of aryl methyl sites for hydroxylation is 2. The van der Waals surface area contributed by atoms with E-state index in [1.807, 2.05) is 46.8 Å². The van der Waals surface area contributed by atoms with Crippen molar-refractivity contribution in [2.45, 2.75) is 70.8 Å². The van der Waals surface area contributed by atoms with E-state index in [1.165, 1.54) is 13.2 Å². The fourth-order valence-electron chi connectivity index (χ4n) is 10.0. The van der Waals surface area contributed by atoms with E-state index >= 15 is 8.78 Å². The molecule has 0 N–H and O–H groups in total. The standard InChI is InChI=1S/C50H55F2N9O7/c1-3-38-41(51)14-11-33-23-37(68-31-64-2)25-39(43(33)38)45-44(52)46-40(26-53-45)47(55-49(54-46)66-22-8-16-60-34-12-13-35(60)30-65-29-34)59-15-7-17-61-36(27-59)24-42(56-61)48(62)57-18-20-58(21-19-57)50(63)67-28-32-9-5-4-6-10-32/h4-6,9-11,14,23-26,34-35H,3,7-8,12-13,15-22,27-31H2,1-2H3. The summed E-state index contributed by atoms with van der Waals surface area (Å²) in [6, 6.07) is 18.6. The van der Waals surface area contributed by atoms with Gasteiger partial charge >= 0.3 is 12.1 Å². The number of morpholine rings is 1. The molecule has 16 nitrogen and oxygen atoms in total. The quantitative estimate of drug-likeness (QED) is 0.0816. The van der Waals surface area contributed by atoms with Crippen LogP contribution in [0.1, 0.15) is 59.9 Å². The van der Waals surface area contributed by atoms with Gasteiger partial charge in [0.1, 0.15) is 35.2 Å². The summed E-state index contributed by atoms with van der Waals surface area (Å²) in [4.78, 5) is 48.9. The van der Waals surface area contributed by atoms with Gasteiger partial charge in [0, 0.05) is 76.8 Å². The number of pyridine rings is 1. The van der Waals surface area contributed by atoms with E-state index in [-0.39, 0.29) is 36.5 Å². The van der Waals surface area contributed by atoms with Crippen molar-refractivity contribution in [2.75, 3.05) is 77.9 Å². The number of anilines is 1. The van der Waals surface area contributed by atoms with Gasteiger partial charge in [0.15, 0.2) is 18.3 Å². The first-order chi connectivity index (χ1) is 33.3. The minimum absolute atomic E-state index is 0.00347. The van der Waals surface area contributed by atoms with Crippen LogP contribution in [-0.2, 0) is 40.3 Å². The zero-order chi connectivity index (χ0) is 46.7. The van der Waals surface area contributed by atoms with Crippen molar-refractivity contribution in [1.82, 2.24) is 39.4 Å². The van der Waals surface area contributed by atoms with Gasteiger partial charge in [-0.15, -0.1) is 0 Å². The molecule has 2 bridgehead atoms. The van der Waals surface area contributed by atoms with E-state index in [1.54, 1.807) is 40.3 Å². The summed E-state index contributed by atoms with van der Waals surface area (Å²) in [6.07, 6.45) is 5.12. The number of methoxy groups -OCH3 is 1. The average molecular weight is 932 g/mol. The molecule has 6 aromatic rings. The fraction of sp³-hybridized carbons (Fsp3) is 0.440. The minimum Gasteiger partial charge on any atom is -0.468 e. The molecule has 3 aromatic carbocycles. The Hall–Kier alpha value is -6.50. The number of fused-ring (bicyclic) bond motifs is 5. The number of piperazine rings is 1. The predicted octanol–water partition coefficient (Wildman–Crippen LogP) is 7.00. The van der Waals surface area contributed by atoms with Crippen LogP contribution in [0.25, 0.3) is 32.9 Å². The van der Waals surface area contributed by atoms with E-state index in [0.717, 1.165) is 43.9 Å². The van der Waals surface area contributed by atoms with Crippen molar-refractivity contribution in [3.05, 3.63) is 101 Å². The Labute approximate surface area is 392 Å². The van der Waals surface area contributed by atoms with Crippen LogP contribution in [0.2, 0.25) is 0 Å². The Morgan fingerprint density at radius 3 is 2.47 bits per heavy atom. The van der Waals surface area contributed by atoms with E-state index in [0.29, 0.717) is 128 Å². The molecule has 356 valence electrons. The number of carbonyl (C=O) groups excluding carboxylic acids is 2. The van der Waals surface area contributed by atoms with Crippen LogP contribution in [-0.4, -0.2) is 137 Å². The SMILES string of the molecule is CCc1c(F)ccc2cc(OCOC)cc(-c3ncc4c(N5CCCn6nc(C(=O)N7CCN(C(=O)OCc8ccccc8)CC7)cc6C5)nc(OCCCN5C6CCC5COC6)nc4c3F)c12. The van der Waals surface area contributed by atoms with Gasteiger partial charge in [0.2, 0.25) is 0 Å². The van der Waals surface area contributed by atoms with Gasteiger partial charge in [-0.2, -0.15) is 15.1 Å². The van der Waals surface area contributed by atoms with Crippen LogP contribution in [0.15, 0.2) is 66.9 Å². The Morgan fingerprint density at radius 1 is 0.897 bits per heavy atom. The van der Waals surface area contributed by atoms with E-state index < -0.39 is 17.7 Å². The number of benzene rings is 3. The second kappa shape index (κ2) is 20.0. The van der Waals surface area contributed by atoms with Gasteiger partial charge in [-0.25, -0.2) is 13.6 Å². The van der Waals surface area contributed by atoms with Gasteiger partial charge in [-0.05, 0) is 78.3 Å². The number of rotatable bonds is 14. The van der Waals surface area contributed by atoms with Crippen molar-refractivity contribution >= 4 is 39.5 Å². The van der Waals surface area contributed by atoms with Crippen LogP contribution >= 0.6 is 0 Å². The highest BCUT2D eigenvalue weighted by Gasteiger charge is 2.37. The molecule has 10 rings (SSSR count). The molecule has 3 saturated heterocycles.